The number of hydrogen-bond acceptors (Lipinski definition) is 3. The molecular formula is C14H20FNO3S. The van der Waals surface area contributed by atoms with Gasteiger partial charge in [0.1, 0.15) is 10.7 Å². The Kier molecular flexibility index (Phi) is 3.48. The van der Waals surface area contributed by atoms with Crippen LogP contribution >= 0.6 is 0 Å². The maximum atomic E-state index is 13.8. The Hall–Kier alpha value is -0.980. The maximum Gasteiger partial charge on any atom is 0.243 e. The van der Waals surface area contributed by atoms with Gasteiger partial charge in [-0.05, 0) is 28.5 Å². The first-order valence-corrected chi connectivity index (χ1v) is 7.94. The van der Waals surface area contributed by atoms with Crippen molar-refractivity contribution in [2.75, 3.05) is 0 Å². The second kappa shape index (κ2) is 4.51. The number of aliphatic hydroxyl groups is 1. The van der Waals surface area contributed by atoms with Crippen molar-refractivity contribution in [2.45, 2.75) is 45.2 Å². The van der Waals surface area contributed by atoms with Gasteiger partial charge in [-0.3, -0.25) is 0 Å². The topological polar surface area (TPSA) is 66.4 Å². The monoisotopic (exact) mass is 301 g/mol. The van der Waals surface area contributed by atoms with Crippen molar-refractivity contribution in [3.05, 3.63) is 29.6 Å². The molecule has 1 aliphatic rings. The van der Waals surface area contributed by atoms with E-state index in [-0.39, 0.29) is 23.5 Å². The third-order valence-corrected chi connectivity index (χ3v) is 6.20. The molecule has 0 spiro atoms. The van der Waals surface area contributed by atoms with Gasteiger partial charge in [-0.1, -0.05) is 33.8 Å². The summed E-state index contributed by atoms with van der Waals surface area (Å²) in [4.78, 5) is -0.414. The molecule has 0 atom stereocenters. The Morgan fingerprint density at radius 2 is 1.80 bits per heavy atom. The van der Waals surface area contributed by atoms with Crippen molar-refractivity contribution in [1.82, 2.24) is 4.72 Å². The Morgan fingerprint density at radius 3 is 2.25 bits per heavy atom. The number of hydrogen-bond donors (Lipinski definition) is 2. The van der Waals surface area contributed by atoms with Gasteiger partial charge in [0, 0.05) is 6.04 Å². The van der Waals surface area contributed by atoms with E-state index < -0.39 is 20.7 Å². The fourth-order valence-electron chi connectivity index (χ4n) is 2.56. The molecule has 2 N–H and O–H groups in total. The Labute approximate surface area is 119 Å². The predicted octanol–water partition coefficient (Wildman–Crippen LogP) is 2.03. The zero-order valence-electron chi connectivity index (χ0n) is 12.1. The molecule has 0 aromatic heterocycles. The minimum Gasteiger partial charge on any atom is -0.392 e. The average Bonchev–Trinajstić information content (AvgIpc) is 2.72. The van der Waals surface area contributed by atoms with E-state index in [2.05, 4.69) is 4.72 Å². The van der Waals surface area contributed by atoms with Crippen molar-refractivity contribution in [2.24, 2.45) is 10.8 Å². The molecule has 4 nitrogen and oxygen atoms in total. The minimum atomic E-state index is -3.94. The van der Waals surface area contributed by atoms with Gasteiger partial charge in [0.25, 0.3) is 0 Å². The number of benzene rings is 1. The molecular weight excluding hydrogens is 281 g/mol. The first kappa shape index (κ1) is 15.4. The van der Waals surface area contributed by atoms with Crippen LogP contribution in [0.3, 0.4) is 0 Å². The molecule has 1 aromatic carbocycles. The van der Waals surface area contributed by atoms with Crippen LogP contribution in [0.25, 0.3) is 0 Å². The van der Waals surface area contributed by atoms with E-state index in [9.17, 15) is 12.8 Å². The molecule has 112 valence electrons. The van der Waals surface area contributed by atoms with Crippen LogP contribution in [-0.2, 0) is 16.6 Å². The molecule has 20 heavy (non-hydrogen) atoms. The summed E-state index contributed by atoms with van der Waals surface area (Å²) in [6.07, 6.45) is 0. The lowest BCUT2D eigenvalue weighted by Crippen LogP contribution is -2.30. The number of halogens is 1. The summed E-state index contributed by atoms with van der Waals surface area (Å²) in [5.41, 5.74) is 0.0112. The van der Waals surface area contributed by atoms with Crippen molar-refractivity contribution >= 4 is 10.0 Å². The lowest BCUT2D eigenvalue weighted by atomic mass is 10.0. The summed E-state index contributed by atoms with van der Waals surface area (Å²) in [6, 6.07) is 3.35. The van der Waals surface area contributed by atoms with Crippen LogP contribution in [0.5, 0.6) is 0 Å². The van der Waals surface area contributed by atoms with Crippen LogP contribution in [0.1, 0.15) is 33.3 Å². The van der Waals surface area contributed by atoms with E-state index in [4.69, 9.17) is 5.11 Å². The molecule has 0 heterocycles. The Morgan fingerprint density at radius 1 is 1.25 bits per heavy atom. The van der Waals surface area contributed by atoms with Gasteiger partial charge in [-0.25, -0.2) is 17.5 Å². The van der Waals surface area contributed by atoms with Gasteiger partial charge >= 0.3 is 0 Å². The van der Waals surface area contributed by atoms with E-state index in [1.807, 2.05) is 27.7 Å². The molecule has 6 heteroatoms. The molecule has 2 rings (SSSR count). The molecule has 1 aliphatic carbocycles. The van der Waals surface area contributed by atoms with Crippen LogP contribution < -0.4 is 4.72 Å². The van der Waals surface area contributed by atoms with Crippen molar-refractivity contribution in [3.63, 3.8) is 0 Å². The second-order valence-electron chi connectivity index (χ2n) is 6.42. The lowest BCUT2D eigenvalue weighted by Gasteiger charge is -2.10. The summed E-state index contributed by atoms with van der Waals surface area (Å²) < 4.78 is 41.0. The quantitative estimate of drug-likeness (QED) is 0.894. The third-order valence-electron chi connectivity index (χ3n) is 4.76. The van der Waals surface area contributed by atoms with Gasteiger partial charge < -0.3 is 5.11 Å². The first-order valence-electron chi connectivity index (χ1n) is 6.45. The Bertz CT molecular complexity index is 624. The molecule has 1 fully saturated rings. The number of aliphatic hydroxyl groups excluding tert-OH is 1. The standard InChI is InChI=1S/C14H20FNO3S/c1-13(2)12(14(13,3)4)16-20(18,19)11-7-9(8-17)5-6-10(11)15/h5-7,12,16-17H,8H2,1-4H3. The average molecular weight is 301 g/mol. The van der Waals surface area contributed by atoms with Crippen LogP contribution in [-0.4, -0.2) is 19.6 Å². The van der Waals surface area contributed by atoms with Crippen molar-refractivity contribution in [3.8, 4) is 0 Å². The highest BCUT2D eigenvalue weighted by atomic mass is 32.2. The number of sulfonamides is 1. The normalized spacial score (nSPS) is 20.9. The van der Waals surface area contributed by atoms with E-state index in [0.717, 1.165) is 6.07 Å². The van der Waals surface area contributed by atoms with E-state index in [1.165, 1.54) is 12.1 Å². The molecule has 0 amide bonds. The fourth-order valence-corrected chi connectivity index (χ4v) is 4.22. The molecule has 0 radical (unpaired) electrons. The van der Waals surface area contributed by atoms with Crippen LogP contribution in [0, 0.1) is 16.6 Å². The molecule has 0 saturated heterocycles. The van der Waals surface area contributed by atoms with E-state index in [0.29, 0.717) is 5.56 Å². The highest BCUT2D eigenvalue weighted by Gasteiger charge is 2.66. The SMILES string of the molecule is CC1(C)C(NS(=O)(=O)c2cc(CO)ccc2F)C1(C)C. The van der Waals surface area contributed by atoms with E-state index >= 15 is 0 Å². The number of nitrogens with one attached hydrogen (secondary N) is 1. The van der Waals surface area contributed by atoms with Gasteiger partial charge in [-0.2, -0.15) is 0 Å². The molecule has 1 aromatic rings. The first-order chi connectivity index (χ1) is 9.04. The largest absolute Gasteiger partial charge is 0.392 e. The van der Waals surface area contributed by atoms with Gasteiger partial charge in [0.05, 0.1) is 6.61 Å². The predicted molar refractivity (Wildman–Crippen MR) is 74.0 cm³/mol. The van der Waals surface area contributed by atoms with Gasteiger partial charge in [0.15, 0.2) is 0 Å². The molecule has 0 aliphatic heterocycles. The molecule has 1 saturated carbocycles. The van der Waals surface area contributed by atoms with E-state index in [1.54, 1.807) is 0 Å². The highest BCUT2D eigenvalue weighted by Crippen LogP contribution is 2.62. The smallest absolute Gasteiger partial charge is 0.243 e. The second-order valence-corrected chi connectivity index (χ2v) is 8.10. The summed E-state index contributed by atoms with van der Waals surface area (Å²) in [7, 11) is -3.94. The summed E-state index contributed by atoms with van der Waals surface area (Å²) in [5, 5.41) is 9.04. The molecule has 0 bridgehead atoms. The summed E-state index contributed by atoms with van der Waals surface area (Å²) >= 11 is 0. The summed E-state index contributed by atoms with van der Waals surface area (Å²) in [5.74, 6) is -0.814. The third kappa shape index (κ3) is 2.25. The highest BCUT2D eigenvalue weighted by molar-refractivity contribution is 7.89. The van der Waals surface area contributed by atoms with Crippen LogP contribution in [0.2, 0.25) is 0 Å². The van der Waals surface area contributed by atoms with Crippen molar-refractivity contribution in [1.29, 1.82) is 0 Å². The Balaban J connectivity index is 2.33. The zero-order chi connectivity index (χ0) is 15.3. The van der Waals surface area contributed by atoms with Gasteiger partial charge in [0.2, 0.25) is 10.0 Å². The fraction of sp³-hybridized carbons (Fsp3) is 0.571. The lowest BCUT2D eigenvalue weighted by molar-refractivity contribution is 0.281. The minimum absolute atomic E-state index is 0.175. The van der Waals surface area contributed by atoms with Gasteiger partial charge in [-0.15, -0.1) is 0 Å². The maximum absolute atomic E-state index is 13.8. The van der Waals surface area contributed by atoms with Crippen LogP contribution in [0.4, 0.5) is 4.39 Å². The molecule has 0 unspecified atom stereocenters. The summed E-state index contributed by atoms with van der Waals surface area (Å²) in [6.45, 7) is 7.56. The van der Waals surface area contributed by atoms with Crippen molar-refractivity contribution < 1.29 is 17.9 Å². The zero-order valence-corrected chi connectivity index (χ0v) is 12.9. The number of rotatable bonds is 4. The van der Waals surface area contributed by atoms with Crippen LogP contribution in [0.15, 0.2) is 23.1 Å².